The quantitative estimate of drug-likeness (QED) is 0.504. The molecule has 1 amide bonds. The van der Waals surface area contributed by atoms with E-state index in [2.05, 4.69) is 25.7 Å². The topological polar surface area (TPSA) is 82.5 Å². The van der Waals surface area contributed by atoms with Crippen LogP contribution in [0.3, 0.4) is 0 Å². The number of carbonyl (C=O) groups is 1. The van der Waals surface area contributed by atoms with E-state index in [0.717, 1.165) is 61.4 Å². The van der Waals surface area contributed by atoms with E-state index in [0.29, 0.717) is 23.0 Å². The molecular formula is C28H34ClF3N2O5. The van der Waals surface area contributed by atoms with E-state index in [-0.39, 0.29) is 41.4 Å². The fourth-order valence-corrected chi connectivity index (χ4v) is 5.45. The van der Waals surface area contributed by atoms with Crippen LogP contribution < -0.4 is 14.4 Å². The van der Waals surface area contributed by atoms with Gasteiger partial charge in [0.05, 0.1) is 5.69 Å². The zero-order valence-electron chi connectivity index (χ0n) is 22.4. The lowest BCUT2D eigenvalue weighted by Crippen LogP contribution is -2.49. The van der Waals surface area contributed by atoms with Crippen LogP contribution in [0, 0.1) is 0 Å². The van der Waals surface area contributed by atoms with Gasteiger partial charge in [-0.2, -0.15) is 13.2 Å². The summed E-state index contributed by atoms with van der Waals surface area (Å²) >= 11 is 6.40. The molecule has 0 aromatic heterocycles. The third kappa shape index (κ3) is 6.56. The summed E-state index contributed by atoms with van der Waals surface area (Å²) in [6.45, 7) is 7.81. The Morgan fingerprint density at radius 3 is 2.49 bits per heavy atom. The molecule has 1 fully saturated rings. The van der Waals surface area contributed by atoms with Crippen LogP contribution in [0.4, 0.5) is 18.9 Å². The number of nitrogens with zero attached hydrogens (tertiary/aromatic N) is 2. The number of halogens is 4. The average Bonchev–Trinajstić information content (AvgIpc) is 3.19. The number of amides is 1. The van der Waals surface area contributed by atoms with Crippen LogP contribution in [-0.4, -0.2) is 72.2 Å². The fraction of sp³-hybridized carbons (Fsp3) is 0.536. The van der Waals surface area contributed by atoms with E-state index >= 15 is 0 Å². The number of anilines is 1. The SMILES string of the molecule is CN(C(=O)C(F)(F)F)c1ccc(O)cc1OC[C@H](O)CN1CCC2(CC1)Cc1cc(Cl)cc(C(C)(C)C)c1O2. The van der Waals surface area contributed by atoms with Gasteiger partial charge in [-0.25, -0.2) is 0 Å². The number of aliphatic hydroxyl groups excluding tert-OH is 1. The van der Waals surface area contributed by atoms with Crippen molar-refractivity contribution in [1.29, 1.82) is 0 Å². The minimum absolute atomic E-state index is 0.116. The number of hydrogen-bond acceptors (Lipinski definition) is 6. The number of β-amino-alcohol motifs (C(OH)–C–C–N with tert-alkyl or cyclic N) is 1. The Hall–Kier alpha value is -2.69. The normalized spacial score (nSPS) is 18.0. The summed E-state index contributed by atoms with van der Waals surface area (Å²) < 4.78 is 50.9. The monoisotopic (exact) mass is 570 g/mol. The molecular weight excluding hydrogens is 537 g/mol. The van der Waals surface area contributed by atoms with Gasteiger partial charge in [-0.1, -0.05) is 32.4 Å². The van der Waals surface area contributed by atoms with Crippen LogP contribution in [0.5, 0.6) is 17.2 Å². The van der Waals surface area contributed by atoms with Gasteiger partial charge < -0.3 is 29.5 Å². The van der Waals surface area contributed by atoms with Gasteiger partial charge in [0.15, 0.2) is 0 Å². The van der Waals surface area contributed by atoms with Crippen LogP contribution in [-0.2, 0) is 16.6 Å². The Morgan fingerprint density at radius 1 is 1.21 bits per heavy atom. The first kappa shape index (κ1) is 29.3. The van der Waals surface area contributed by atoms with Crippen molar-refractivity contribution in [2.45, 2.75) is 63.3 Å². The number of ether oxygens (including phenoxy) is 2. The van der Waals surface area contributed by atoms with Gasteiger partial charge in [-0.15, -0.1) is 0 Å². The Kier molecular flexibility index (Phi) is 8.04. The Labute approximate surface area is 231 Å². The molecule has 0 unspecified atom stereocenters. The number of fused-ring (bicyclic) bond motifs is 1. The Balaban J connectivity index is 1.34. The number of alkyl halides is 3. The average molecular weight is 571 g/mol. The zero-order valence-corrected chi connectivity index (χ0v) is 23.2. The maximum atomic E-state index is 12.9. The zero-order chi connectivity index (χ0) is 28.8. The van der Waals surface area contributed by atoms with Crippen LogP contribution in [0.2, 0.25) is 5.02 Å². The van der Waals surface area contributed by atoms with Gasteiger partial charge in [0.25, 0.3) is 0 Å². The van der Waals surface area contributed by atoms with E-state index in [1.165, 1.54) is 0 Å². The van der Waals surface area contributed by atoms with Crippen molar-refractivity contribution in [2.75, 3.05) is 38.2 Å². The summed E-state index contributed by atoms with van der Waals surface area (Å²) in [4.78, 5) is 14.2. The summed E-state index contributed by atoms with van der Waals surface area (Å²) in [5.41, 5.74) is 1.60. The number of phenols is 1. The summed E-state index contributed by atoms with van der Waals surface area (Å²) in [7, 11) is 0.969. The highest BCUT2D eigenvalue weighted by molar-refractivity contribution is 6.30. The van der Waals surface area contributed by atoms with Gasteiger partial charge in [0.1, 0.15) is 35.6 Å². The van der Waals surface area contributed by atoms with Gasteiger partial charge in [0.2, 0.25) is 0 Å². The van der Waals surface area contributed by atoms with Crippen molar-refractivity contribution >= 4 is 23.2 Å². The second-order valence-electron chi connectivity index (χ2n) is 11.4. The highest BCUT2D eigenvalue weighted by atomic mass is 35.5. The van der Waals surface area contributed by atoms with E-state index in [1.807, 2.05) is 12.1 Å². The first-order chi connectivity index (χ1) is 18.1. The number of phenolic OH excluding ortho intramolecular Hbond substituents is 1. The number of aromatic hydroxyl groups is 1. The van der Waals surface area contributed by atoms with Crippen molar-refractivity contribution < 1.29 is 37.7 Å². The fourth-order valence-electron chi connectivity index (χ4n) is 5.21. The predicted octanol–water partition coefficient (Wildman–Crippen LogP) is 5.08. The summed E-state index contributed by atoms with van der Waals surface area (Å²) in [5.74, 6) is -1.54. The van der Waals surface area contributed by atoms with E-state index in [9.17, 15) is 28.2 Å². The molecule has 1 atom stereocenters. The molecule has 0 radical (unpaired) electrons. The molecule has 1 saturated heterocycles. The first-order valence-electron chi connectivity index (χ1n) is 12.8. The number of piperidine rings is 1. The van der Waals surface area contributed by atoms with Crippen molar-refractivity contribution in [3.05, 3.63) is 46.5 Å². The van der Waals surface area contributed by atoms with Crippen molar-refractivity contribution in [3.8, 4) is 17.2 Å². The second-order valence-corrected chi connectivity index (χ2v) is 11.9. The molecule has 2 aliphatic heterocycles. The summed E-state index contributed by atoms with van der Waals surface area (Å²) in [6, 6.07) is 7.37. The van der Waals surface area contributed by atoms with Crippen molar-refractivity contribution in [2.24, 2.45) is 0 Å². The molecule has 4 rings (SSSR count). The number of benzene rings is 2. The predicted molar refractivity (Wildman–Crippen MR) is 142 cm³/mol. The van der Waals surface area contributed by atoms with E-state index in [4.69, 9.17) is 21.1 Å². The molecule has 0 bridgehead atoms. The standard InChI is InChI=1S/C28H34ClF3N2O5/c1-26(2,3)21-12-18(29)11-17-14-27(39-24(17)21)7-9-34(10-8-27)15-20(36)16-38-23-13-19(35)5-6-22(23)33(4)25(37)28(30,31)32/h5-6,11-13,20,35-36H,7-10,14-16H2,1-4H3/t20-/m1/s1. The molecule has 2 N–H and O–H groups in total. The minimum Gasteiger partial charge on any atom is -0.508 e. The summed E-state index contributed by atoms with van der Waals surface area (Å²) in [5, 5.41) is 21.1. The van der Waals surface area contributed by atoms with Crippen LogP contribution in [0.1, 0.15) is 44.7 Å². The lowest BCUT2D eigenvalue weighted by atomic mass is 9.84. The Morgan fingerprint density at radius 2 is 1.87 bits per heavy atom. The highest BCUT2D eigenvalue weighted by Crippen LogP contribution is 2.47. The van der Waals surface area contributed by atoms with Crippen molar-refractivity contribution in [3.63, 3.8) is 0 Å². The van der Waals surface area contributed by atoms with Crippen LogP contribution in [0.25, 0.3) is 0 Å². The molecule has 0 aliphatic carbocycles. The lowest BCUT2D eigenvalue weighted by Gasteiger charge is -2.39. The van der Waals surface area contributed by atoms with Gasteiger partial charge >= 0.3 is 12.1 Å². The van der Waals surface area contributed by atoms with Crippen LogP contribution in [0.15, 0.2) is 30.3 Å². The maximum absolute atomic E-state index is 12.9. The molecule has 1 spiro atoms. The molecule has 214 valence electrons. The molecule has 39 heavy (non-hydrogen) atoms. The second kappa shape index (κ2) is 10.7. The molecule has 0 saturated carbocycles. The van der Waals surface area contributed by atoms with Crippen molar-refractivity contribution in [1.82, 2.24) is 4.90 Å². The lowest BCUT2D eigenvalue weighted by molar-refractivity contribution is -0.170. The smallest absolute Gasteiger partial charge is 0.471 e. The largest absolute Gasteiger partial charge is 0.508 e. The molecule has 2 aromatic carbocycles. The number of rotatable bonds is 6. The Bertz CT molecular complexity index is 1220. The minimum atomic E-state index is -5.07. The van der Waals surface area contributed by atoms with Crippen LogP contribution >= 0.6 is 11.6 Å². The van der Waals surface area contributed by atoms with E-state index < -0.39 is 18.2 Å². The molecule has 11 heteroatoms. The third-order valence-electron chi connectivity index (χ3n) is 7.29. The molecule has 2 heterocycles. The molecule has 2 aliphatic rings. The number of hydrogen-bond donors (Lipinski definition) is 2. The number of aliphatic hydroxyl groups is 1. The van der Waals surface area contributed by atoms with Gasteiger partial charge in [-0.3, -0.25) is 4.79 Å². The first-order valence-corrected chi connectivity index (χ1v) is 13.2. The molecule has 2 aromatic rings. The van der Waals surface area contributed by atoms with E-state index in [1.54, 1.807) is 0 Å². The van der Waals surface area contributed by atoms with Gasteiger partial charge in [0, 0.05) is 62.6 Å². The van der Waals surface area contributed by atoms with Gasteiger partial charge in [-0.05, 0) is 35.2 Å². The third-order valence-corrected chi connectivity index (χ3v) is 7.51. The number of likely N-dealkylation sites (tertiary alicyclic amines) is 1. The molecule has 7 nitrogen and oxygen atoms in total. The highest BCUT2D eigenvalue weighted by Gasteiger charge is 2.44. The maximum Gasteiger partial charge on any atom is 0.471 e. The summed E-state index contributed by atoms with van der Waals surface area (Å²) in [6.07, 6.45) is -3.73. The number of carbonyl (C=O) groups excluding carboxylic acids is 1.